The molecule has 3 heteroatoms. The Labute approximate surface area is 123 Å². The van der Waals surface area contributed by atoms with Crippen LogP contribution < -0.4 is 10.2 Å². The van der Waals surface area contributed by atoms with Crippen molar-refractivity contribution in [1.82, 2.24) is 5.32 Å². The number of halogens is 1. The topological polar surface area (TPSA) is 15.3 Å². The summed E-state index contributed by atoms with van der Waals surface area (Å²) in [6.07, 6.45) is 4.64. The second-order valence-corrected chi connectivity index (χ2v) is 5.21. The molecule has 0 aliphatic carbocycles. The van der Waals surface area contributed by atoms with Gasteiger partial charge in [-0.05, 0) is 31.5 Å². The van der Waals surface area contributed by atoms with Crippen LogP contribution in [0.4, 0.5) is 10.1 Å². The molecule has 0 aliphatic rings. The van der Waals surface area contributed by atoms with E-state index >= 15 is 0 Å². The fraction of sp³-hybridized carbons (Fsp3) is 0.647. The minimum absolute atomic E-state index is 0.0959. The molecular formula is C17H29FN2. The van der Waals surface area contributed by atoms with Crippen molar-refractivity contribution in [2.24, 2.45) is 0 Å². The lowest BCUT2D eigenvalue weighted by Crippen LogP contribution is -2.28. The van der Waals surface area contributed by atoms with Crippen molar-refractivity contribution in [3.63, 3.8) is 0 Å². The van der Waals surface area contributed by atoms with E-state index in [1.165, 1.54) is 12.8 Å². The van der Waals surface area contributed by atoms with Crippen LogP contribution in [0.1, 0.15) is 52.0 Å². The van der Waals surface area contributed by atoms with Crippen molar-refractivity contribution < 1.29 is 4.39 Å². The van der Waals surface area contributed by atoms with Crippen LogP contribution in [0.15, 0.2) is 18.2 Å². The van der Waals surface area contributed by atoms with Crippen molar-refractivity contribution in [3.05, 3.63) is 29.6 Å². The number of nitrogens with zero attached hydrogens (tertiary/aromatic N) is 1. The average molecular weight is 280 g/mol. The molecular weight excluding hydrogens is 251 g/mol. The van der Waals surface area contributed by atoms with Crippen molar-refractivity contribution >= 4 is 5.69 Å². The van der Waals surface area contributed by atoms with E-state index in [4.69, 9.17) is 0 Å². The lowest BCUT2D eigenvalue weighted by Gasteiger charge is -2.27. The maximum atomic E-state index is 14.1. The summed E-state index contributed by atoms with van der Waals surface area (Å²) in [4.78, 5) is 2.35. The Hall–Kier alpha value is -1.09. The Morgan fingerprint density at radius 3 is 2.25 bits per heavy atom. The Balaban J connectivity index is 2.94. The van der Waals surface area contributed by atoms with E-state index in [1.807, 2.05) is 13.0 Å². The summed E-state index contributed by atoms with van der Waals surface area (Å²) in [7, 11) is 0. The fourth-order valence-corrected chi connectivity index (χ4v) is 2.32. The van der Waals surface area contributed by atoms with Gasteiger partial charge in [-0.1, -0.05) is 39.7 Å². The lowest BCUT2D eigenvalue weighted by atomic mass is 10.1. The monoisotopic (exact) mass is 280 g/mol. The highest BCUT2D eigenvalue weighted by atomic mass is 19.1. The predicted octanol–water partition coefficient (Wildman–Crippen LogP) is 4.34. The lowest BCUT2D eigenvalue weighted by molar-refractivity contribution is 0.588. The highest BCUT2D eigenvalue weighted by Gasteiger charge is 2.13. The fourth-order valence-electron chi connectivity index (χ4n) is 2.32. The van der Waals surface area contributed by atoms with Crippen LogP contribution in [-0.2, 0) is 6.54 Å². The maximum absolute atomic E-state index is 14.1. The molecule has 0 atom stereocenters. The van der Waals surface area contributed by atoms with Gasteiger partial charge in [0.25, 0.3) is 0 Å². The van der Waals surface area contributed by atoms with Crippen molar-refractivity contribution in [2.45, 2.75) is 53.0 Å². The van der Waals surface area contributed by atoms with Crippen molar-refractivity contribution in [1.29, 1.82) is 0 Å². The summed E-state index contributed by atoms with van der Waals surface area (Å²) in [5.41, 5.74) is 1.87. The summed E-state index contributed by atoms with van der Waals surface area (Å²) in [5, 5.41) is 3.25. The molecule has 2 nitrogen and oxygen atoms in total. The van der Waals surface area contributed by atoms with Gasteiger partial charge in [-0.25, -0.2) is 4.39 Å². The molecule has 0 aliphatic heterocycles. The van der Waals surface area contributed by atoms with E-state index in [2.05, 4.69) is 30.1 Å². The molecule has 0 saturated carbocycles. The number of hydrogen-bond donors (Lipinski definition) is 1. The van der Waals surface area contributed by atoms with Crippen LogP contribution >= 0.6 is 0 Å². The van der Waals surface area contributed by atoms with Gasteiger partial charge < -0.3 is 10.2 Å². The third-order valence-electron chi connectivity index (χ3n) is 3.55. The van der Waals surface area contributed by atoms with Crippen molar-refractivity contribution in [2.75, 3.05) is 24.5 Å². The van der Waals surface area contributed by atoms with Gasteiger partial charge in [-0.2, -0.15) is 0 Å². The third kappa shape index (κ3) is 5.12. The van der Waals surface area contributed by atoms with Crippen molar-refractivity contribution in [3.8, 4) is 0 Å². The molecule has 0 unspecified atom stereocenters. The first kappa shape index (κ1) is 17.0. The van der Waals surface area contributed by atoms with Gasteiger partial charge in [-0.3, -0.25) is 0 Å². The van der Waals surface area contributed by atoms with E-state index < -0.39 is 0 Å². The molecule has 0 amide bonds. The van der Waals surface area contributed by atoms with E-state index in [9.17, 15) is 4.39 Å². The number of unbranched alkanes of at least 4 members (excludes halogenated alkanes) is 2. The Bertz CT molecular complexity index is 371. The summed E-state index contributed by atoms with van der Waals surface area (Å²) >= 11 is 0. The molecule has 0 heterocycles. The smallest absolute Gasteiger partial charge is 0.129 e. The number of nitrogens with one attached hydrogen (secondary N) is 1. The highest BCUT2D eigenvalue weighted by molar-refractivity contribution is 5.54. The minimum atomic E-state index is -0.0959. The molecule has 0 saturated heterocycles. The first-order chi connectivity index (χ1) is 9.74. The molecule has 0 radical (unpaired) electrons. The normalized spacial score (nSPS) is 10.8. The second-order valence-electron chi connectivity index (χ2n) is 5.21. The van der Waals surface area contributed by atoms with E-state index in [0.29, 0.717) is 6.54 Å². The quantitative estimate of drug-likeness (QED) is 0.686. The van der Waals surface area contributed by atoms with Crippen LogP contribution in [0.2, 0.25) is 0 Å². The molecule has 114 valence electrons. The molecule has 20 heavy (non-hydrogen) atoms. The van der Waals surface area contributed by atoms with Crippen LogP contribution in [0, 0.1) is 5.82 Å². The summed E-state index contributed by atoms with van der Waals surface area (Å²) < 4.78 is 14.1. The van der Waals surface area contributed by atoms with Gasteiger partial charge in [0.05, 0.1) is 0 Å². The molecule has 0 fully saturated rings. The number of rotatable bonds is 10. The Morgan fingerprint density at radius 2 is 1.70 bits per heavy atom. The van der Waals surface area contributed by atoms with Crippen LogP contribution in [-0.4, -0.2) is 19.6 Å². The van der Waals surface area contributed by atoms with Crippen LogP contribution in [0.25, 0.3) is 0 Å². The summed E-state index contributed by atoms with van der Waals surface area (Å²) in [6.45, 7) is 9.93. The van der Waals surface area contributed by atoms with E-state index in [-0.39, 0.29) is 5.82 Å². The predicted molar refractivity (Wildman–Crippen MR) is 85.8 cm³/mol. The molecule has 1 aromatic rings. The molecule has 0 bridgehead atoms. The summed E-state index contributed by atoms with van der Waals surface area (Å²) in [5.74, 6) is -0.0959. The molecule has 0 aromatic heterocycles. The van der Waals surface area contributed by atoms with Gasteiger partial charge in [0.15, 0.2) is 0 Å². The van der Waals surface area contributed by atoms with Gasteiger partial charge in [0, 0.05) is 30.9 Å². The zero-order chi connectivity index (χ0) is 14.8. The maximum Gasteiger partial charge on any atom is 0.129 e. The second kappa shape index (κ2) is 9.76. The van der Waals surface area contributed by atoms with Crippen LogP contribution in [0.5, 0.6) is 0 Å². The highest BCUT2D eigenvalue weighted by Crippen LogP contribution is 2.24. The minimum Gasteiger partial charge on any atom is -0.371 e. The summed E-state index contributed by atoms with van der Waals surface area (Å²) in [6, 6.07) is 5.44. The first-order valence-electron chi connectivity index (χ1n) is 7.97. The number of benzene rings is 1. The van der Waals surface area contributed by atoms with Gasteiger partial charge >= 0.3 is 0 Å². The van der Waals surface area contributed by atoms with E-state index in [0.717, 1.165) is 43.7 Å². The largest absolute Gasteiger partial charge is 0.371 e. The third-order valence-corrected chi connectivity index (χ3v) is 3.55. The molecule has 1 rings (SSSR count). The van der Waals surface area contributed by atoms with Gasteiger partial charge in [0.1, 0.15) is 5.82 Å². The average Bonchev–Trinajstić information content (AvgIpc) is 2.46. The van der Waals surface area contributed by atoms with Gasteiger partial charge in [0.2, 0.25) is 0 Å². The zero-order valence-electron chi connectivity index (χ0n) is 13.2. The zero-order valence-corrected chi connectivity index (χ0v) is 13.2. The van der Waals surface area contributed by atoms with Crippen LogP contribution in [0.3, 0.4) is 0 Å². The Kier molecular flexibility index (Phi) is 8.28. The first-order valence-corrected chi connectivity index (χ1v) is 7.97. The molecule has 1 N–H and O–H groups in total. The molecule has 0 spiro atoms. The number of anilines is 1. The molecule has 1 aromatic carbocycles. The SMILES string of the molecule is CCCCN(CCCC)c1cccc(F)c1CNCC. The standard InChI is InChI=1S/C17H29FN2/c1-4-7-12-20(13-8-5-2)17-11-9-10-16(18)15(17)14-19-6-3/h9-11,19H,4-8,12-14H2,1-3H3. The Morgan fingerprint density at radius 1 is 1.05 bits per heavy atom. The van der Waals surface area contributed by atoms with Gasteiger partial charge in [-0.15, -0.1) is 0 Å². The number of hydrogen-bond acceptors (Lipinski definition) is 2. The van der Waals surface area contributed by atoms with E-state index in [1.54, 1.807) is 6.07 Å².